The second-order valence-electron chi connectivity index (χ2n) is 8.17. The first-order valence-corrected chi connectivity index (χ1v) is 12.1. The van der Waals surface area contributed by atoms with Crippen LogP contribution in [0.4, 0.5) is 11.4 Å². The Morgan fingerprint density at radius 3 is 2.69 bits per heavy atom. The number of fused-ring (bicyclic) bond motifs is 4. The van der Waals surface area contributed by atoms with E-state index in [0.29, 0.717) is 34.1 Å². The molecule has 0 aromatic heterocycles. The Bertz CT molecular complexity index is 1140. The van der Waals surface area contributed by atoms with Gasteiger partial charge in [0.2, 0.25) is 17.7 Å². The topological polar surface area (TPSA) is 87.7 Å². The molecule has 0 aliphatic carbocycles. The van der Waals surface area contributed by atoms with Gasteiger partial charge >= 0.3 is 0 Å². The number of rotatable bonds is 5. The van der Waals surface area contributed by atoms with Crippen molar-refractivity contribution in [2.24, 2.45) is 11.8 Å². The van der Waals surface area contributed by atoms with Crippen LogP contribution in [-0.2, 0) is 19.9 Å². The molecule has 0 unspecified atom stereocenters. The molecule has 2 aromatic carbocycles. The molecule has 7 nitrogen and oxygen atoms in total. The van der Waals surface area contributed by atoms with Crippen LogP contribution < -0.4 is 20.3 Å². The van der Waals surface area contributed by atoms with Gasteiger partial charge in [-0.3, -0.25) is 19.7 Å². The lowest BCUT2D eigenvalue weighted by atomic mass is 9.76. The fourth-order valence-corrected chi connectivity index (χ4v) is 5.98. The molecular weight excluding hydrogens is 450 g/mol. The van der Waals surface area contributed by atoms with Crippen LogP contribution in [0.5, 0.6) is 5.75 Å². The Morgan fingerprint density at radius 2 is 1.94 bits per heavy atom. The van der Waals surface area contributed by atoms with Crippen molar-refractivity contribution in [1.82, 2.24) is 5.32 Å². The summed E-state index contributed by atoms with van der Waals surface area (Å²) in [4.78, 5) is 42.2. The van der Waals surface area contributed by atoms with Gasteiger partial charge in [-0.05, 0) is 42.7 Å². The third-order valence-electron chi connectivity index (χ3n) is 6.64. The number of anilines is 2. The van der Waals surface area contributed by atoms with Crippen molar-refractivity contribution in [3.63, 3.8) is 0 Å². The summed E-state index contributed by atoms with van der Waals surface area (Å²) in [5.74, 6) is -1.44. The van der Waals surface area contributed by atoms with Gasteiger partial charge in [-0.15, -0.1) is 0 Å². The Balaban J connectivity index is 1.67. The number of imide groups is 1. The third-order valence-corrected chi connectivity index (χ3v) is 7.52. The number of nitrogens with one attached hydrogen (secondary N) is 2. The summed E-state index contributed by atoms with van der Waals surface area (Å²) in [6.07, 6.45) is 2.64. The summed E-state index contributed by atoms with van der Waals surface area (Å²) in [5, 5.41) is 6.72. The molecule has 9 heteroatoms. The maximum Gasteiger partial charge on any atom is 0.250 e. The number of methoxy groups -OCH3 is 1. The van der Waals surface area contributed by atoms with Crippen molar-refractivity contribution in [3.8, 4) is 5.75 Å². The van der Waals surface area contributed by atoms with Gasteiger partial charge in [-0.1, -0.05) is 29.8 Å². The van der Waals surface area contributed by atoms with E-state index in [1.165, 1.54) is 7.11 Å². The summed E-state index contributed by atoms with van der Waals surface area (Å²) < 4.78 is 5.41. The molecule has 2 saturated heterocycles. The molecule has 32 heavy (non-hydrogen) atoms. The fraction of sp³-hybridized carbons (Fsp3) is 0.348. The highest BCUT2D eigenvalue weighted by Crippen LogP contribution is 2.54. The van der Waals surface area contributed by atoms with Crippen molar-refractivity contribution in [2.45, 2.75) is 18.0 Å². The van der Waals surface area contributed by atoms with Crippen LogP contribution in [0.25, 0.3) is 0 Å². The van der Waals surface area contributed by atoms with Crippen molar-refractivity contribution in [1.29, 1.82) is 0 Å². The molecule has 3 aliphatic heterocycles. The average molecular weight is 472 g/mol. The number of halogens is 1. The van der Waals surface area contributed by atoms with Crippen LogP contribution in [0.15, 0.2) is 42.5 Å². The van der Waals surface area contributed by atoms with E-state index in [-0.39, 0.29) is 17.9 Å². The monoisotopic (exact) mass is 471 g/mol. The molecule has 2 fully saturated rings. The number of hydrogen-bond donors (Lipinski definition) is 2. The molecule has 2 aromatic rings. The highest BCUT2D eigenvalue weighted by molar-refractivity contribution is 7.98. The van der Waals surface area contributed by atoms with Crippen LogP contribution >= 0.6 is 23.4 Å². The maximum absolute atomic E-state index is 13.9. The van der Waals surface area contributed by atoms with E-state index in [9.17, 15) is 14.4 Å². The highest BCUT2D eigenvalue weighted by atomic mass is 35.5. The minimum Gasteiger partial charge on any atom is -0.495 e. The van der Waals surface area contributed by atoms with Gasteiger partial charge in [0.05, 0.1) is 24.6 Å². The van der Waals surface area contributed by atoms with Crippen LogP contribution in [0.3, 0.4) is 0 Å². The van der Waals surface area contributed by atoms with Gasteiger partial charge < -0.3 is 10.1 Å². The van der Waals surface area contributed by atoms with E-state index in [2.05, 4.69) is 10.6 Å². The number of nitrogens with zero attached hydrogens (tertiary/aromatic N) is 1. The normalized spacial score (nSPS) is 28.3. The van der Waals surface area contributed by atoms with E-state index >= 15 is 0 Å². The number of carbonyl (C=O) groups is 3. The first kappa shape index (κ1) is 21.3. The molecule has 5 rings (SSSR count). The van der Waals surface area contributed by atoms with Crippen LogP contribution in [-0.4, -0.2) is 42.9 Å². The molecule has 166 valence electrons. The maximum atomic E-state index is 13.9. The molecule has 0 saturated carbocycles. The van der Waals surface area contributed by atoms with Crippen molar-refractivity contribution in [2.75, 3.05) is 29.3 Å². The van der Waals surface area contributed by atoms with Gasteiger partial charge in [0.15, 0.2) is 0 Å². The summed E-state index contributed by atoms with van der Waals surface area (Å²) >= 11 is 7.85. The molecule has 3 heterocycles. The third kappa shape index (κ3) is 2.82. The van der Waals surface area contributed by atoms with E-state index in [0.717, 1.165) is 10.7 Å². The molecular formula is C23H22ClN3O4S. The summed E-state index contributed by atoms with van der Waals surface area (Å²) in [5.41, 5.74) is 0.369. The lowest BCUT2D eigenvalue weighted by Gasteiger charge is -2.29. The summed E-state index contributed by atoms with van der Waals surface area (Å²) in [6, 6.07) is 11.8. The molecule has 3 aliphatic rings. The number of amides is 3. The van der Waals surface area contributed by atoms with Gasteiger partial charge in [-0.2, -0.15) is 11.8 Å². The fourth-order valence-electron chi connectivity index (χ4n) is 5.33. The van der Waals surface area contributed by atoms with Crippen molar-refractivity contribution in [3.05, 3.63) is 53.1 Å². The molecule has 0 bridgehead atoms. The van der Waals surface area contributed by atoms with Crippen molar-refractivity contribution < 1.29 is 19.1 Å². The van der Waals surface area contributed by atoms with Crippen LogP contribution in [0.1, 0.15) is 12.0 Å². The Hall–Kier alpha value is -2.55. The Labute approximate surface area is 194 Å². The lowest BCUT2D eigenvalue weighted by molar-refractivity contribution is -0.130. The Kier molecular flexibility index (Phi) is 5.19. The van der Waals surface area contributed by atoms with Gasteiger partial charge in [0.1, 0.15) is 11.3 Å². The van der Waals surface area contributed by atoms with Crippen molar-refractivity contribution >= 4 is 52.5 Å². The van der Waals surface area contributed by atoms with Crippen LogP contribution in [0.2, 0.25) is 5.02 Å². The summed E-state index contributed by atoms with van der Waals surface area (Å²) in [7, 11) is 1.48. The predicted molar refractivity (Wildman–Crippen MR) is 124 cm³/mol. The average Bonchev–Trinajstić information content (AvgIpc) is 3.37. The second-order valence-corrected chi connectivity index (χ2v) is 9.59. The molecule has 1 spiro atoms. The first-order chi connectivity index (χ1) is 15.4. The lowest BCUT2D eigenvalue weighted by Crippen LogP contribution is -2.53. The molecule has 2 N–H and O–H groups in total. The van der Waals surface area contributed by atoms with E-state index in [1.54, 1.807) is 30.0 Å². The van der Waals surface area contributed by atoms with Gasteiger partial charge in [0, 0.05) is 22.3 Å². The number of para-hydroxylation sites is 1. The second kappa shape index (κ2) is 7.79. The van der Waals surface area contributed by atoms with E-state index in [4.69, 9.17) is 16.3 Å². The minimum absolute atomic E-state index is 0.301. The van der Waals surface area contributed by atoms with Crippen LogP contribution in [0, 0.1) is 11.8 Å². The molecule has 3 amide bonds. The number of hydrogen-bond acceptors (Lipinski definition) is 6. The zero-order valence-corrected chi connectivity index (χ0v) is 19.1. The van der Waals surface area contributed by atoms with E-state index in [1.807, 2.05) is 30.5 Å². The smallest absolute Gasteiger partial charge is 0.250 e. The number of carbonyl (C=O) groups excluding carboxylic acids is 3. The first-order valence-electron chi connectivity index (χ1n) is 10.3. The largest absolute Gasteiger partial charge is 0.495 e. The molecule has 0 radical (unpaired) electrons. The number of benzene rings is 2. The zero-order valence-electron chi connectivity index (χ0n) is 17.6. The molecule has 4 atom stereocenters. The zero-order chi connectivity index (χ0) is 22.6. The number of ether oxygens (including phenoxy) is 1. The Morgan fingerprint density at radius 1 is 1.16 bits per heavy atom. The minimum atomic E-state index is -1.29. The SMILES string of the molecule is COc1ccc(Cl)cc1N1C(=O)[C@H]2[C@H](CCSC)N[C@]3(C(=O)Nc4ccccc43)[C@@H]2C1=O. The van der Waals surface area contributed by atoms with Gasteiger partial charge in [0.25, 0.3) is 0 Å². The summed E-state index contributed by atoms with van der Waals surface area (Å²) in [6.45, 7) is 0. The predicted octanol–water partition coefficient (Wildman–Crippen LogP) is 3.03. The quantitative estimate of drug-likeness (QED) is 0.652. The van der Waals surface area contributed by atoms with Gasteiger partial charge in [-0.25, -0.2) is 4.90 Å². The van der Waals surface area contributed by atoms with E-state index < -0.39 is 23.3 Å². The standard InChI is InChI=1S/C23H22ClN3O4S/c1-31-17-8-7-12(24)11-16(17)27-20(28)18-15(9-10-32-2)26-23(19(18)21(27)29)13-5-3-4-6-14(13)25-22(23)30/h3-8,11,15,18-19,26H,9-10H2,1-2H3,(H,25,30)/t15-,18-,19-,23-/m0/s1. The number of thioether (sulfide) groups is 1. The highest BCUT2D eigenvalue weighted by Gasteiger charge is 2.70.